The molecule has 1 aliphatic heterocycles. The van der Waals surface area contributed by atoms with Gasteiger partial charge in [-0.05, 0) is 36.6 Å². The summed E-state index contributed by atoms with van der Waals surface area (Å²) in [5.41, 5.74) is 2.21. The Morgan fingerprint density at radius 2 is 1.61 bits per heavy atom. The number of aryl methyl sites for hydroxylation is 3. The second-order valence-electron chi connectivity index (χ2n) is 7.14. The number of aromatic nitrogens is 2. The van der Waals surface area contributed by atoms with E-state index in [2.05, 4.69) is 5.10 Å². The van der Waals surface area contributed by atoms with Crippen LogP contribution in [0.1, 0.15) is 24.0 Å². The van der Waals surface area contributed by atoms with Gasteiger partial charge < -0.3 is 14.5 Å². The van der Waals surface area contributed by atoms with E-state index < -0.39 is 0 Å². The quantitative estimate of drug-likeness (QED) is 0.731. The van der Waals surface area contributed by atoms with Gasteiger partial charge in [0, 0.05) is 51.8 Å². The van der Waals surface area contributed by atoms with Crippen molar-refractivity contribution < 1.29 is 14.3 Å². The molecule has 0 bridgehead atoms. The van der Waals surface area contributed by atoms with Crippen LogP contribution in [0.5, 0.6) is 5.75 Å². The van der Waals surface area contributed by atoms with Crippen molar-refractivity contribution in [3.05, 3.63) is 47.8 Å². The first-order valence-corrected chi connectivity index (χ1v) is 9.72. The fraction of sp³-hybridized carbons (Fsp3) is 0.476. The van der Waals surface area contributed by atoms with Crippen LogP contribution >= 0.6 is 0 Å². The van der Waals surface area contributed by atoms with Crippen LogP contribution in [0.2, 0.25) is 0 Å². The maximum atomic E-state index is 12.5. The second-order valence-corrected chi connectivity index (χ2v) is 7.14. The summed E-state index contributed by atoms with van der Waals surface area (Å²) in [5.74, 6) is 1.09. The number of ether oxygens (including phenoxy) is 1. The fourth-order valence-electron chi connectivity index (χ4n) is 3.36. The first kappa shape index (κ1) is 19.9. The topological polar surface area (TPSA) is 67.7 Å². The van der Waals surface area contributed by atoms with Crippen molar-refractivity contribution in [1.82, 2.24) is 19.6 Å². The van der Waals surface area contributed by atoms with Gasteiger partial charge >= 0.3 is 0 Å². The molecule has 2 heterocycles. The maximum absolute atomic E-state index is 12.5. The van der Waals surface area contributed by atoms with Gasteiger partial charge in [0.25, 0.3) is 0 Å². The Morgan fingerprint density at radius 1 is 1.00 bits per heavy atom. The number of carbonyl (C=O) groups excluding carboxylic acids is 2. The lowest BCUT2D eigenvalue weighted by Gasteiger charge is -2.35. The third kappa shape index (κ3) is 5.34. The normalized spacial score (nSPS) is 14.2. The summed E-state index contributed by atoms with van der Waals surface area (Å²) in [6, 6.07) is 7.80. The van der Waals surface area contributed by atoms with Crippen molar-refractivity contribution in [2.75, 3.05) is 33.3 Å². The van der Waals surface area contributed by atoms with Crippen LogP contribution in [0.25, 0.3) is 0 Å². The maximum Gasteiger partial charge on any atom is 0.224 e. The zero-order chi connectivity index (χ0) is 19.9. The summed E-state index contributed by atoms with van der Waals surface area (Å²) >= 11 is 0. The minimum Gasteiger partial charge on any atom is -0.497 e. The minimum atomic E-state index is 0.124. The molecule has 7 nitrogen and oxygen atoms in total. The average molecular weight is 384 g/mol. The van der Waals surface area contributed by atoms with E-state index in [9.17, 15) is 9.59 Å². The summed E-state index contributed by atoms with van der Waals surface area (Å²) < 4.78 is 6.95. The minimum absolute atomic E-state index is 0.124. The van der Waals surface area contributed by atoms with Crippen LogP contribution in [0.15, 0.2) is 36.7 Å². The van der Waals surface area contributed by atoms with Gasteiger partial charge in [0.05, 0.1) is 13.3 Å². The van der Waals surface area contributed by atoms with Crippen molar-refractivity contribution in [1.29, 1.82) is 0 Å². The van der Waals surface area contributed by atoms with Crippen LogP contribution in [-0.2, 0) is 22.6 Å². The zero-order valence-electron chi connectivity index (χ0n) is 16.6. The molecule has 1 aromatic heterocycles. The molecule has 1 fully saturated rings. The summed E-state index contributed by atoms with van der Waals surface area (Å²) in [6.45, 7) is 4.99. The molecule has 1 saturated heterocycles. The predicted octanol–water partition coefficient (Wildman–Crippen LogP) is 1.89. The van der Waals surface area contributed by atoms with E-state index in [1.54, 1.807) is 18.0 Å². The van der Waals surface area contributed by atoms with E-state index in [1.165, 1.54) is 0 Å². The summed E-state index contributed by atoms with van der Waals surface area (Å²) in [7, 11) is 1.64. The molecule has 0 unspecified atom stereocenters. The Hall–Kier alpha value is -2.83. The van der Waals surface area contributed by atoms with Crippen LogP contribution in [-0.4, -0.2) is 64.7 Å². The number of amides is 2. The predicted molar refractivity (Wildman–Crippen MR) is 106 cm³/mol. The largest absolute Gasteiger partial charge is 0.497 e. The van der Waals surface area contributed by atoms with E-state index in [0.717, 1.165) is 16.9 Å². The molecular weight excluding hydrogens is 356 g/mol. The molecule has 0 saturated carbocycles. The molecule has 0 aliphatic carbocycles. The third-order valence-electron chi connectivity index (χ3n) is 5.09. The summed E-state index contributed by atoms with van der Waals surface area (Å²) in [4.78, 5) is 28.6. The van der Waals surface area contributed by atoms with Crippen LogP contribution in [0.3, 0.4) is 0 Å². The van der Waals surface area contributed by atoms with Crippen molar-refractivity contribution in [3.63, 3.8) is 0 Å². The molecule has 7 heteroatoms. The molecule has 0 atom stereocenters. The van der Waals surface area contributed by atoms with Crippen LogP contribution in [0, 0.1) is 6.92 Å². The average Bonchev–Trinajstić information content (AvgIpc) is 3.16. The standard InChI is InChI=1S/C21H28N4O3/c1-17-15-22-25(16-17)10-9-21(27)24-13-11-23(12-14-24)20(26)8-5-18-3-6-19(28-2)7-4-18/h3-4,6-7,15-16H,5,8-14H2,1-2H3. The summed E-state index contributed by atoms with van der Waals surface area (Å²) in [6.07, 6.45) is 5.37. The van der Waals surface area contributed by atoms with Gasteiger partial charge in [0.15, 0.2) is 0 Å². The van der Waals surface area contributed by atoms with Crippen molar-refractivity contribution >= 4 is 11.8 Å². The highest BCUT2D eigenvalue weighted by molar-refractivity contribution is 5.78. The smallest absolute Gasteiger partial charge is 0.224 e. The fourth-order valence-corrected chi connectivity index (χ4v) is 3.36. The Labute approximate surface area is 165 Å². The first-order valence-electron chi connectivity index (χ1n) is 9.72. The molecule has 2 amide bonds. The van der Waals surface area contributed by atoms with E-state index in [1.807, 2.05) is 47.2 Å². The molecule has 0 radical (unpaired) electrons. The molecule has 150 valence electrons. The number of hydrogen-bond donors (Lipinski definition) is 0. The van der Waals surface area contributed by atoms with E-state index in [0.29, 0.717) is 52.0 Å². The van der Waals surface area contributed by atoms with E-state index in [4.69, 9.17) is 4.74 Å². The Morgan fingerprint density at radius 3 is 2.14 bits per heavy atom. The molecule has 28 heavy (non-hydrogen) atoms. The second kappa shape index (κ2) is 9.39. The Balaban J connectivity index is 1.38. The number of nitrogens with zero attached hydrogens (tertiary/aromatic N) is 4. The third-order valence-corrected chi connectivity index (χ3v) is 5.09. The van der Waals surface area contributed by atoms with Gasteiger partial charge in [-0.15, -0.1) is 0 Å². The lowest BCUT2D eigenvalue weighted by atomic mass is 10.1. The first-order chi connectivity index (χ1) is 13.5. The molecule has 0 spiro atoms. The van der Waals surface area contributed by atoms with E-state index in [-0.39, 0.29) is 11.8 Å². The SMILES string of the molecule is COc1ccc(CCC(=O)N2CCN(C(=O)CCn3cc(C)cn3)CC2)cc1. The number of carbonyl (C=O) groups is 2. The molecule has 1 aliphatic rings. The van der Waals surface area contributed by atoms with E-state index >= 15 is 0 Å². The van der Waals surface area contributed by atoms with Gasteiger partial charge in [-0.3, -0.25) is 14.3 Å². The highest BCUT2D eigenvalue weighted by Gasteiger charge is 2.23. The van der Waals surface area contributed by atoms with Gasteiger partial charge in [-0.2, -0.15) is 5.10 Å². The van der Waals surface area contributed by atoms with Gasteiger partial charge in [0.2, 0.25) is 11.8 Å². The van der Waals surface area contributed by atoms with Crippen LogP contribution in [0.4, 0.5) is 0 Å². The number of benzene rings is 1. The molecular formula is C21H28N4O3. The van der Waals surface area contributed by atoms with Crippen molar-refractivity contribution in [2.45, 2.75) is 32.7 Å². The van der Waals surface area contributed by atoms with Gasteiger partial charge in [-0.25, -0.2) is 0 Å². The number of hydrogen-bond acceptors (Lipinski definition) is 4. The number of methoxy groups -OCH3 is 1. The molecule has 0 N–H and O–H groups in total. The molecule has 1 aromatic carbocycles. The summed E-state index contributed by atoms with van der Waals surface area (Å²) in [5, 5.41) is 4.21. The highest BCUT2D eigenvalue weighted by atomic mass is 16.5. The lowest BCUT2D eigenvalue weighted by molar-refractivity contribution is -0.139. The van der Waals surface area contributed by atoms with Crippen LogP contribution < -0.4 is 4.74 Å². The van der Waals surface area contributed by atoms with Crippen molar-refractivity contribution in [3.8, 4) is 5.75 Å². The molecule has 2 aromatic rings. The Kier molecular flexibility index (Phi) is 6.68. The highest BCUT2D eigenvalue weighted by Crippen LogP contribution is 2.14. The monoisotopic (exact) mass is 384 g/mol. The number of piperazine rings is 1. The lowest BCUT2D eigenvalue weighted by Crippen LogP contribution is -2.50. The van der Waals surface area contributed by atoms with Gasteiger partial charge in [-0.1, -0.05) is 12.1 Å². The number of rotatable bonds is 7. The van der Waals surface area contributed by atoms with Gasteiger partial charge in [0.1, 0.15) is 5.75 Å². The Bertz CT molecular complexity index is 792. The molecule has 3 rings (SSSR count). The van der Waals surface area contributed by atoms with Crippen molar-refractivity contribution in [2.24, 2.45) is 0 Å². The zero-order valence-corrected chi connectivity index (χ0v) is 16.6.